The van der Waals surface area contributed by atoms with Gasteiger partial charge in [0, 0.05) is 97.1 Å². The number of methoxy groups -OCH3 is 1. The predicted octanol–water partition coefficient (Wildman–Crippen LogP) is 6.36. The third-order valence-electron chi connectivity index (χ3n) is 11.1. The quantitative estimate of drug-likeness (QED) is 0.0346. The van der Waals surface area contributed by atoms with E-state index in [-0.39, 0.29) is 55.3 Å². The van der Waals surface area contributed by atoms with Crippen molar-refractivity contribution in [2.24, 2.45) is 0 Å². The zero-order chi connectivity index (χ0) is 46.2. The zero-order valence-electron chi connectivity index (χ0n) is 37.0. The van der Waals surface area contributed by atoms with Crippen LogP contribution in [0.4, 0.5) is 5.69 Å². The molecule has 4 N–H and O–H groups in total. The smallest absolute Gasteiger partial charge is 0.338 e. The van der Waals surface area contributed by atoms with Crippen molar-refractivity contribution in [1.82, 2.24) is 20.5 Å². The van der Waals surface area contributed by atoms with E-state index >= 15 is 0 Å². The van der Waals surface area contributed by atoms with E-state index in [9.17, 15) is 24.0 Å². The van der Waals surface area contributed by atoms with Gasteiger partial charge in [0.2, 0.25) is 17.2 Å². The van der Waals surface area contributed by atoms with E-state index in [1.54, 1.807) is 30.3 Å². The van der Waals surface area contributed by atoms with Crippen LogP contribution < -0.4 is 40.3 Å². The average molecular weight is 883 g/mol. The van der Waals surface area contributed by atoms with Gasteiger partial charge in [-0.05, 0) is 66.9 Å². The summed E-state index contributed by atoms with van der Waals surface area (Å²) >= 11 is 0. The van der Waals surface area contributed by atoms with Crippen LogP contribution in [0.15, 0.2) is 101 Å². The average Bonchev–Trinajstić information content (AvgIpc) is 3.30. The molecule has 4 aromatic rings. The van der Waals surface area contributed by atoms with Crippen LogP contribution in [0.2, 0.25) is 0 Å². The second kappa shape index (κ2) is 20.2. The number of rotatable bonds is 17. The zero-order valence-corrected chi connectivity index (χ0v) is 37.0. The van der Waals surface area contributed by atoms with Gasteiger partial charge in [-0.2, -0.15) is 0 Å². The van der Waals surface area contributed by atoms with E-state index in [2.05, 4.69) is 16.0 Å². The number of nitrogens with one attached hydrogen (secondary N) is 3. The number of aliphatic carboxylic acids is 1. The summed E-state index contributed by atoms with van der Waals surface area (Å²) in [6, 6.07) is 28.9. The molecule has 15 nitrogen and oxygen atoms in total. The summed E-state index contributed by atoms with van der Waals surface area (Å²) in [6.07, 6.45) is 1.02. The molecule has 0 aromatic heterocycles. The SMILES string of the molecule is COC(=O)c1cc(C(=O)NCCNC(=O)CCCCOc2ccc3c(c2)Oc2ccccc2C3NC(=O)CCC(=O)O)ccc1-c1c2ccc(=[N+](C)C)cc-2oc2cc(N(C)C)ccc12. The molecule has 0 saturated heterocycles. The molecule has 1 atom stereocenters. The monoisotopic (exact) mass is 882 g/mol. The minimum Gasteiger partial charge on any atom is -0.493 e. The molecule has 2 aliphatic heterocycles. The molecule has 1 aliphatic carbocycles. The van der Waals surface area contributed by atoms with E-state index in [1.165, 1.54) is 13.2 Å². The molecule has 2 heterocycles. The molecule has 0 saturated carbocycles. The fourth-order valence-electron chi connectivity index (χ4n) is 7.68. The number of esters is 1. The number of carbonyl (C=O) groups excluding carboxylic acids is 4. The molecule has 0 radical (unpaired) electrons. The first-order valence-electron chi connectivity index (χ1n) is 21.3. The number of ether oxygens (including phenoxy) is 3. The number of para-hydroxylation sites is 1. The topological polar surface area (TPSA) is 189 Å². The molecule has 4 aromatic carbocycles. The number of unbranched alkanes of at least 4 members (excludes halogenated alkanes) is 1. The van der Waals surface area contributed by atoms with E-state index in [4.69, 9.17) is 23.7 Å². The number of carbonyl (C=O) groups is 5. The van der Waals surface area contributed by atoms with Crippen LogP contribution in [0.25, 0.3) is 33.4 Å². The van der Waals surface area contributed by atoms with Crippen molar-refractivity contribution in [3.63, 3.8) is 0 Å². The number of anilines is 1. The lowest BCUT2D eigenvalue weighted by Gasteiger charge is -2.29. The number of hydrogen-bond donors (Lipinski definition) is 4. The fraction of sp³-hybridized carbons (Fsp3) is 0.280. The van der Waals surface area contributed by atoms with Crippen LogP contribution in [0, 0.1) is 0 Å². The lowest BCUT2D eigenvalue weighted by Crippen LogP contribution is -2.34. The maximum absolute atomic E-state index is 13.4. The number of benzene rings is 5. The van der Waals surface area contributed by atoms with Crippen LogP contribution in [-0.2, 0) is 19.1 Å². The minimum atomic E-state index is -1.04. The van der Waals surface area contributed by atoms with Gasteiger partial charge in [-0.1, -0.05) is 24.3 Å². The number of carboxylic acids is 1. The Balaban J connectivity index is 0.922. The van der Waals surface area contributed by atoms with Crippen molar-refractivity contribution in [3.8, 4) is 39.7 Å². The Kier molecular flexibility index (Phi) is 14.1. The van der Waals surface area contributed by atoms with E-state index < -0.39 is 23.9 Å². The van der Waals surface area contributed by atoms with Gasteiger partial charge in [-0.15, -0.1) is 0 Å². The molecule has 3 aliphatic rings. The molecule has 336 valence electrons. The Bertz CT molecular complexity index is 2830. The van der Waals surface area contributed by atoms with Crippen molar-refractivity contribution in [3.05, 3.63) is 125 Å². The Hall–Kier alpha value is -7.68. The summed E-state index contributed by atoms with van der Waals surface area (Å²) in [5.41, 5.74) is 5.69. The summed E-state index contributed by atoms with van der Waals surface area (Å²) < 4.78 is 25.7. The first-order valence-corrected chi connectivity index (χ1v) is 21.3. The van der Waals surface area contributed by atoms with Crippen molar-refractivity contribution in [2.45, 2.75) is 38.1 Å². The number of fused-ring (bicyclic) bond motifs is 4. The Morgan fingerprint density at radius 2 is 1.54 bits per heavy atom. The maximum Gasteiger partial charge on any atom is 0.338 e. The first-order chi connectivity index (χ1) is 31.3. The normalized spacial score (nSPS) is 12.6. The summed E-state index contributed by atoms with van der Waals surface area (Å²) in [6.45, 7) is 0.720. The third kappa shape index (κ3) is 10.6. The maximum atomic E-state index is 13.4. The molecular formula is C50H52N5O10+. The molecule has 15 heteroatoms. The summed E-state index contributed by atoms with van der Waals surface area (Å²) in [5.74, 6) is -0.318. The van der Waals surface area contributed by atoms with Gasteiger partial charge in [0.15, 0.2) is 0 Å². The second-order valence-electron chi connectivity index (χ2n) is 16.0. The predicted molar refractivity (Wildman–Crippen MR) is 246 cm³/mol. The Morgan fingerprint density at radius 1 is 0.769 bits per heavy atom. The molecule has 3 amide bonds. The number of nitrogens with zero attached hydrogens (tertiary/aromatic N) is 2. The Labute approximate surface area is 376 Å². The van der Waals surface area contributed by atoms with Crippen LogP contribution in [-0.4, -0.2) is 89.8 Å². The van der Waals surface area contributed by atoms with Gasteiger partial charge in [0.1, 0.15) is 42.7 Å². The number of hydrogen-bond acceptors (Lipinski definition) is 10. The van der Waals surface area contributed by atoms with Gasteiger partial charge < -0.3 is 44.6 Å². The largest absolute Gasteiger partial charge is 0.493 e. The van der Waals surface area contributed by atoms with Crippen molar-refractivity contribution < 1.29 is 47.7 Å². The van der Waals surface area contributed by atoms with Crippen LogP contribution in [0.3, 0.4) is 0 Å². The van der Waals surface area contributed by atoms with Gasteiger partial charge >= 0.3 is 11.9 Å². The highest BCUT2D eigenvalue weighted by atomic mass is 16.5. The molecule has 0 bridgehead atoms. The van der Waals surface area contributed by atoms with Crippen LogP contribution >= 0.6 is 0 Å². The first kappa shape index (κ1) is 45.3. The minimum absolute atomic E-state index is 0.142. The number of carboxylic acid groups (broad SMARTS) is 1. The lowest BCUT2D eigenvalue weighted by atomic mass is 9.89. The van der Waals surface area contributed by atoms with E-state index in [0.29, 0.717) is 53.6 Å². The highest BCUT2D eigenvalue weighted by Gasteiger charge is 2.29. The lowest BCUT2D eigenvalue weighted by molar-refractivity contribution is -0.138. The third-order valence-corrected chi connectivity index (χ3v) is 11.1. The van der Waals surface area contributed by atoms with Crippen molar-refractivity contribution in [1.29, 1.82) is 0 Å². The van der Waals surface area contributed by atoms with Gasteiger partial charge in [0.25, 0.3) is 5.91 Å². The molecule has 65 heavy (non-hydrogen) atoms. The molecule has 0 fully saturated rings. The molecular weight excluding hydrogens is 831 g/mol. The van der Waals surface area contributed by atoms with Gasteiger partial charge in [0.05, 0.1) is 37.8 Å². The Morgan fingerprint density at radius 3 is 2.31 bits per heavy atom. The second-order valence-corrected chi connectivity index (χ2v) is 16.0. The summed E-state index contributed by atoms with van der Waals surface area (Å²) in [5, 5.41) is 19.3. The van der Waals surface area contributed by atoms with Crippen molar-refractivity contribution >= 4 is 46.3 Å². The number of amides is 3. The van der Waals surface area contributed by atoms with Crippen LogP contribution in [0.5, 0.6) is 17.2 Å². The fourth-order valence-corrected chi connectivity index (χ4v) is 7.68. The van der Waals surface area contributed by atoms with E-state index in [1.807, 2.05) is 98.3 Å². The molecule has 0 spiro atoms. The summed E-state index contributed by atoms with van der Waals surface area (Å²) in [7, 11) is 9.11. The van der Waals surface area contributed by atoms with Crippen LogP contribution in [0.1, 0.15) is 70.0 Å². The summed E-state index contributed by atoms with van der Waals surface area (Å²) in [4.78, 5) is 64.9. The highest BCUT2D eigenvalue weighted by molar-refractivity contribution is 6.09. The van der Waals surface area contributed by atoms with Gasteiger partial charge in [-0.25, -0.2) is 9.37 Å². The highest BCUT2D eigenvalue weighted by Crippen LogP contribution is 2.45. The van der Waals surface area contributed by atoms with Crippen molar-refractivity contribution in [2.75, 3.05) is 59.9 Å². The van der Waals surface area contributed by atoms with Gasteiger partial charge in [-0.3, -0.25) is 19.2 Å². The molecule has 7 rings (SSSR count). The molecule has 1 unspecified atom stereocenters. The van der Waals surface area contributed by atoms with E-state index in [0.717, 1.165) is 38.7 Å². The standard InChI is InChI=1S/C50H51N5O10/c1-54(2)31-14-18-35-41(27-31)65-42-28-32(55(3)4)15-19-36(42)47(35)34-17-13-30(26-39(34)50(61)62-5)49(60)52-24-23-51-44(56)12-8-9-25-63-33-16-20-38-43(29-33)64-40-11-7-6-10-37(40)48(38)53-45(57)21-22-46(58)59/h6-7,10-11,13-20,26-29,48H,8-9,12,21-25H2,1-5H3,(H3-,51,52,53,56,57,58,59,60)/p+1.